The van der Waals surface area contributed by atoms with Gasteiger partial charge in [0, 0.05) is 12.5 Å². The average molecular weight is 250 g/mol. The first-order valence-electron chi connectivity index (χ1n) is 5.25. The second-order valence-electron chi connectivity index (χ2n) is 3.43. The lowest BCUT2D eigenvalue weighted by atomic mass is 10.3. The predicted molar refractivity (Wildman–Crippen MR) is 67.3 cm³/mol. The van der Waals surface area contributed by atoms with E-state index in [4.69, 9.17) is 22.1 Å². The monoisotopic (exact) mass is 249 g/mol. The van der Waals surface area contributed by atoms with Gasteiger partial charge in [0.15, 0.2) is 0 Å². The zero-order valence-electron chi connectivity index (χ0n) is 9.35. The van der Waals surface area contributed by atoms with E-state index in [0.717, 1.165) is 0 Å². The first-order valence-corrected chi connectivity index (χ1v) is 5.62. The fourth-order valence-electron chi connectivity index (χ4n) is 1.34. The lowest BCUT2D eigenvalue weighted by Crippen LogP contribution is -2.00. The number of benzene rings is 1. The van der Waals surface area contributed by atoms with Gasteiger partial charge in [0.25, 0.3) is 0 Å². The quantitative estimate of drug-likeness (QED) is 0.908. The zero-order valence-corrected chi connectivity index (χ0v) is 10.1. The molecule has 0 amide bonds. The minimum absolute atomic E-state index is 0.388. The van der Waals surface area contributed by atoms with Gasteiger partial charge < -0.3 is 10.5 Å². The molecular formula is C12H12ClN3O. The van der Waals surface area contributed by atoms with Gasteiger partial charge in [0.05, 0.1) is 5.02 Å². The van der Waals surface area contributed by atoms with E-state index in [0.29, 0.717) is 34.7 Å². The number of anilines is 1. The first-order chi connectivity index (χ1) is 8.19. The van der Waals surface area contributed by atoms with Crippen LogP contribution in [-0.4, -0.2) is 9.97 Å². The normalized spacial score (nSPS) is 10.2. The molecule has 5 heteroatoms. The van der Waals surface area contributed by atoms with Crippen molar-refractivity contribution in [3.05, 3.63) is 41.2 Å². The number of halogens is 1. The highest BCUT2D eigenvalue weighted by atomic mass is 35.5. The van der Waals surface area contributed by atoms with Crippen molar-refractivity contribution in [2.24, 2.45) is 0 Å². The third-order valence-electron chi connectivity index (χ3n) is 2.14. The predicted octanol–water partition coefficient (Wildman–Crippen LogP) is 3.07. The fraction of sp³-hybridized carbons (Fsp3) is 0.167. The number of nitrogens with two attached hydrogens (primary N) is 1. The van der Waals surface area contributed by atoms with Gasteiger partial charge in [-0.25, -0.2) is 4.98 Å². The van der Waals surface area contributed by atoms with Crippen molar-refractivity contribution >= 4 is 17.4 Å². The van der Waals surface area contributed by atoms with Crippen LogP contribution >= 0.6 is 11.6 Å². The van der Waals surface area contributed by atoms with Gasteiger partial charge in [-0.1, -0.05) is 30.7 Å². The van der Waals surface area contributed by atoms with Crippen LogP contribution < -0.4 is 10.5 Å². The number of nitrogens with zero attached hydrogens (tertiary/aromatic N) is 2. The van der Waals surface area contributed by atoms with E-state index >= 15 is 0 Å². The van der Waals surface area contributed by atoms with Crippen molar-refractivity contribution in [3.63, 3.8) is 0 Å². The standard InChI is InChI=1S/C12H12ClN3O/c1-2-11-15-10(14)7-12(16-11)17-9-6-4-3-5-8(9)13/h3-7H,2H2,1H3,(H2,14,15,16). The highest BCUT2D eigenvalue weighted by Crippen LogP contribution is 2.28. The molecule has 0 atom stereocenters. The third-order valence-corrected chi connectivity index (χ3v) is 2.45. The molecule has 0 bridgehead atoms. The molecule has 1 aromatic carbocycles. The number of hydrogen-bond acceptors (Lipinski definition) is 4. The van der Waals surface area contributed by atoms with Crippen molar-refractivity contribution in [3.8, 4) is 11.6 Å². The van der Waals surface area contributed by atoms with Crippen LogP contribution in [0.5, 0.6) is 11.6 Å². The lowest BCUT2D eigenvalue weighted by molar-refractivity contribution is 0.459. The Morgan fingerprint density at radius 3 is 2.76 bits per heavy atom. The second kappa shape index (κ2) is 5.01. The van der Waals surface area contributed by atoms with Gasteiger partial charge >= 0.3 is 0 Å². The van der Waals surface area contributed by atoms with Crippen LogP contribution in [0, 0.1) is 0 Å². The average Bonchev–Trinajstić information content (AvgIpc) is 2.31. The van der Waals surface area contributed by atoms with Crippen molar-refractivity contribution in [1.29, 1.82) is 0 Å². The molecule has 0 spiro atoms. The molecule has 88 valence electrons. The zero-order chi connectivity index (χ0) is 12.3. The summed E-state index contributed by atoms with van der Waals surface area (Å²) in [6.07, 6.45) is 0.698. The Hall–Kier alpha value is -1.81. The summed E-state index contributed by atoms with van der Waals surface area (Å²) in [4.78, 5) is 8.29. The van der Waals surface area contributed by atoms with Gasteiger partial charge in [-0.2, -0.15) is 4.98 Å². The second-order valence-corrected chi connectivity index (χ2v) is 3.84. The van der Waals surface area contributed by atoms with Crippen LogP contribution in [0.4, 0.5) is 5.82 Å². The summed E-state index contributed by atoms with van der Waals surface area (Å²) in [5.74, 6) is 1.99. The SMILES string of the molecule is CCc1nc(N)cc(Oc2ccccc2Cl)n1. The molecule has 2 rings (SSSR count). The van der Waals surface area contributed by atoms with Crippen LogP contribution in [0.15, 0.2) is 30.3 Å². The molecule has 0 radical (unpaired) electrons. The van der Waals surface area contributed by atoms with E-state index in [-0.39, 0.29) is 0 Å². The summed E-state index contributed by atoms with van der Waals surface area (Å²) in [6, 6.07) is 8.77. The number of nitrogen functional groups attached to an aromatic ring is 1. The van der Waals surface area contributed by atoms with Gasteiger partial charge in [-0.15, -0.1) is 0 Å². The van der Waals surface area contributed by atoms with E-state index in [2.05, 4.69) is 9.97 Å². The van der Waals surface area contributed by atoms with Gasteiger partial charge in [0.1, 0.15) is 17.4 Å². The molecule has 0 aliphatic carbocycles. The first kappa shape index (κ1) is 11.7. The van der Waals surface area contributed by atoms with E-state index in [1.165, 1.54) is 0 Å². The van der Waals surface area contributed by atoms with Crippen LogP contribution in [0.1, 0.15) is 12.7 Å². The van der Waals surface area contributed by atoms with Gasteiger partial charge in [-0.3, -0.25) is 0 Å². The summed E-state index contributed by atoms with van der Waals surface area (Å²) in [6.45, 7) is 1.95. The molecule has 0 fully saturated rings. The molecular weight excluding hydrogens is 238 g/mol. The van der Waals surface area contributed by atoms with E-state index in [9.17, 15) is 0 Å². The Morgan fingerprint density at radius 2 is 2.06 bits per heavy atom. The summed E-state index contributed by atoms with van der Waals surface area (Å²) >= 11 is 5.99. The maximum atomic E-state index is 5.99. The van der Waals surface area contributed by atoms with Crippen molar-refractivity contribution in [2.75, 3.05) is 5.73 Å². The summed E-state index contributed by atoms with van der Waals surface area (Å²) < 4.78 is 5.57. The number of para-hydroxylation sites is 1. The fourth-order valence-corrected chi connectivity index (χ4v) is 1.52. The number of ether oxygens (including phenoxy) is 1. The summed E-state index contributed by atoms with van der Waals surface area (Å²) in [5.41, 5.74) is 5.66. The minimum atomic E-state index is 0.388. The van der Waals surface area contributed by atoms with Crippen LogP contribution in [-0.2, 0) is 6.42 Å². The Bertz CT molecular complexity index is 531. The molecule has 0 aliphatic heterocycles. The molecule has 0 saturated heterocycles. The largest absolute Gasteiger partial charge is 0.437 e. The molecule has 0 unspecified atom stereocenters. The number of aromatic nitrogens is 2. The lowest BCUT2D eigenvalue weighted by Gasteiger charge is -2.07. The molecule has 1 heterocycles. The highest BCUT2D eigenvalue weighted by Gasteiger charge is 2.06. The molecule has 4 nitrogen and oxygen atoms in total. The Balaban J connectivity index is 2.30. The van der Waals surface area contributed by atoms with Crippen LogP contribution in [0.2, 0.25) is 5.02 Å². The minimum Gasteiger partial charge on any atom is -0.437 e. The summed E-state index contributed by atoms with van der Waals surface area (Å²) in [5, 5.41) is 0.530. The van der Waals surface area contributed by atoms with Crippen molar-refractivity contribution < 1.29 is 4.74 Å². The Morgan fingerprint density at radius 1 is 1.29 bits per heavy atom. The molecule has 17 heavy (non-hydrogen) atoms. The topological polar surface area (TPSA) is 61.0 Å². The Kier molecular flexibility index (Phi) is 3.44. The van der Waals surface area contributed by atoms with E-state index < -0.39 is 0 Å². The van der Waals surface area contributed by atoms with Gasteiger partial charge in [-0.05, 0) is 12.1 Å². The molecule has 2 aromatic rings. The highest BCUT2D eigenvalue weighted by molar-refractivity contribution is 6.32. The third kappa shape index (κ3) is 2.85. The van der Waals surface area contributed by atoms with Crippen molar-refractivity contribution in [1.82, 2.24) is 9.97 Å². The van der Waals surface area contributed by atoms with Gasteiger partial charge in [0.2, 0.25) is 5.88 Å². The summed E-state index contributed by atoms with van der Waals surface area (Å²) in [7, 11) is 0. The number of aryl methyl sites for hydroxylation is 1. The van der Waals surface area contributed by atoms with E-state index in [1.807, 2.05) is 19.1 Å². The van der Waals surface area contributed by atoms with E-state index in [1.54, 1.807) is 18.2 Å². The van der Waals surface area contributed by atoms with Crippen LogP contribution in [0.25, 0.3) is 0 Å². The maximum Gasteiger partial charge on any atom is 0.224 e. The number of hydrogen-bond donors (Lipinski definition) is 1. The maximum absolute atomic E-state index is 5.99. The number of rotatable bonds is 3. The molecule has 0 saturated carbocycles. The smallest absolute Gasteiger partial charge is 0.224 e. The molecule has 2 N–H and O–H groups in total. The van der Waals surface area contributed by atoms with Crippen LogP contribution in [0.3, 0.4) is 0 Å². The van der Waals surface area contributed by atoms with Crippen molar-refractivity contribution in [2.45, 2.75) is 13.3 Å². The molecule has 0 aliphatic rings. The Labute approximate surface area is 104 Å². The molecule has 1 aromatic heterocycles.